The minimum absolute atomic E-state index is 0.562. The van der Waals surface area contributed by atoms with E-state index in [0.29, 0.717) is 11.8 Å². The van der Waals surface area contributed by atoms with Crippen LogP contribution in [-0.2, 0) is 12.8 Å². The van der Waals surface area contributed by atoms with Crippen molar-refractivity contribution in [3.8, 4) is 0 Å². The predicted molar refractivity (Wildman–Crippen MR) is 78.8 cm³/mol. The average Bonchev–Trinajstić information content (AvgIpc) is 2.58. The van der Waals surface area contributed by atoms with E-state index in [0.717, 1.165) is 34.3 Å². The van der Waals surface area contributed by atoms with Gasteiger partial charge in [0.1, 0.15) is 5.52 Å². The van der Waals surface area contributed by atoms with E-state index in [2.05, 4.69) is 60.7 Å². The predicted octanol–water partition coefficient (Wildman–Crippen LogP) is 4.99. The Morgan fingerprint density at radius 2 is 1.78 bits per heavy atom. The fourth-order valence-electron chi connectivity index (χ4n) is 2.12. The van der Waals surface area contributed by atoms with Gasteiger partial charge in [0.2, 0.25) is 0 Å². The molecule has 0 aliphatic carbocycles. The summed E-state index contributed by atoms with van der Waals surface area (Å²) in [6.45, 7) is 8.80. The van der Waals surface area contributed by atoms with E-state index in [1.54, 1.807) is 0 Å². The first kappa shape index (κ1) is 13.6. The van der Waals surface area contributed by atoms with E-state index in [4.69, 9.17) is 4.42 Å². The van der Waals surface area contributed by atoms with Crippen molar-refractivity contribution in [1.82, 2.24) is 4.98 Å². The number of nitrogens with zero attached hydrogens (tertiary/aromatic N) is 1. The highest BCUT2D eigenvalue weighted by atomic mass is 79.9. The highest BCUT2D eigenvalue weighted by molar-refractivity contribution is 9.10. The van der Waals surface area contributed by atoms with Crippen molar-refractivity contribution in [2.75, 3.05) is 0 Å². The van der Waals surface area contributed by atoms with Crippen LogP contribution in [0.4, 0.5) is 0 Å². The summed E-state index contributed by atoms with van der Waals surface area (Å²) in [5.74, 6) is 2.05. The molecule has 0 unspecified atom stereocenters. The fraction of sp³-hybridized carbons (Fsp3) is 0.533. The summed E-state index contributed by atoms with van der Waals surface area (Å²) in [6, 6.07) is 4.29. The summed E-state index contributed by atoms with van der Waals surface area (Å²) in [5, 5.41) is 0. The van der Waals surface area contributed by atoms with E-state index in [1.165, 1.54) is 5.56 Å². The maximum Gasteiger partial charge on any atom is 0.195 e. The molecule has 0 N–H and O–H groups in total. The maximum atomic E-state index is 5.81. The van der Waals surface area contributed by atoms with Crippen LogP contribution in [0.2, 0.25) is 0 Å². The smallest absolute Gasteiger partial charge is 0.195 e. The monoisotopic (exact) mass is 309 g/mol. The molecule has 0 spiro atoms. The van der Waals surface area contributed by atoms with E-state index >= 15 is 0 Å². The van der Waals surface area contributed by atoms with Gasteiger partial charge in [-0.25, -0.2) is 4.98 Å². The minimum Gasteiger partial charge on any atom is -0.439 e. The van der Waals surface area contributed by atoms with Crippen molar-refractivity contribution in [3.05, 3.63) is 28.1 Å². The molecule has 0 aliphatic heterocycles. The van der Waals surface area contributed by atoms with E-state index in [9.17, 15) is 0 Å². The molecule has 2 rings (SSSR count). The number of aromatic nitrogens is 1. The lowest BCUT2D eigenvalue weighted by Gasteiger charge is -2.04. The first-order valence-corrected chi connectivity index (χ1v) is 7.33. The molecule has 0 bridgehead atoms. The van der Waals surface area contributed by atoms with Crippen molar-refractivity contribution in [2.24, 2.45) is 11.8 Å². The third kappa shape index (κ3) is 3.14. The van der Waals surface area contributed by atoms with E-state index < -0.39 is 0 Å². The number of rotatable bonds is 4. The summed E-state index contributed by atoms with van der Waals surface area (Å²) in [4.78, 5) is 4.58. The van der Waals surface area contributed by atoms with Gasteiger partial charge in [-0.1, -0.05) is 27.7 Å². The van der Waals surface area contributed by atoms with Gasteiger partial charge in [-0.3, -0.25) is 0 Å². The summed E-state index contributed by atoms with van der Waals surface area (Å²) >= 11 is 3.58. The molecule has 3 heteroatoms. The van der Waals surface area contributed by atoms with E-state index in [-0.39, 0.29) is 0 Å². The van der Waals surface area contributed by atoms with Gasteiger partial charge >= 0.3 is 0 Å². The molecule has 0 aliphatic rings. The third-order valence-corrected chi connectivity index (χ3v) is 3.36. The molecule has 1 aromatic heterocycles. The van der Waals surface area contributed by atoms with Crippen molar-refractivity contribution in [1.29, 1.82) is 0 Å². The summed E-state index contributed by atoms with van der Waals surface area (Å²) < 4.78 is 6.82. The maximum absolute atomic E-state index is 5.81. The lowest BCUT2D eigenvalue weighted by Crippen LogP contribution is -1.94. The highest BCUT2D eigenvalue weighted by Crippen LogP contribution is 2.28. The number of benzene rings is 1. The van der Waals surface area contributed by atoms with Gasteiger partial charge in [0.25, 0.3) is 0 Å². The van der Waals surface area contributed by atoms with Crippen LogP contribution >= 0.6 is 15.9 Å². The van der Waals surface area contributed by atoms with Crippen LogP contribution in [0.1, 0.15) is 39.1 Å². The fourth-order valence-corrected chi connectivity index (χ4v) is 2.70. The van der Waals surface area contributed by atoms with Crippen LogP contribution in [0.25, 0.3) is 11.1 Å². The first-order valence-electron chi connectivity index (χ1n) is 6.53. The van der Waals surface area contributed by atoms with Crippen LogP contribution in [0, 0.1) is 11.8 Å². The average molecular weight is 310 g/mol. The molecule has 0 saturated heterocycles. The molecule has 2 aromatic rings. The second-order valence-corrected chi connectivity index (χ2v) is 6.58. The second kappa shape index (κ2) is 5.43. The topological polar surface area (TPSA) is 26.0 Å². The van der Waals surface area contributed by atoms with Crippen molar-refractivity contribution in [2.45, 2.75) is 40.5 Å². The quantitative estimate of drug-likeness (QED) is 0.795. The molecule has 0 radical (unpaired) electrons. The molecule has 0 amide bonds. The SMILES string of the molecule is CC(C)Cc1cc(Br)c2oc(CC(C)C)nc2c1. The summed E-state index contributed by atoms with van der Waals surface area (Å²) in [6.07, 6.45) is 1.96. The standard InChI is InChI=1S/C15H20BrNO/c1-9(2)5-11-7-12(16)15-13(8-11)17-14(18-15)6-10(3)4/h7-10H,5-6H2,1-4H3. The molecule has 98 valence electrons. The van der Waals surface area contributed by atoms with Crippen LogP contribution in [-0.4, -0.2) is 4.98 Å². The van der Waals surface area contributed by atoms with Gasteiger partial charge in [-0.15, -0.1) is 0 Å². The number of halogens is 1. The Morgan fingerprint density at radius 3 is 2.39 bits per heavy atom. The Balaban J connectivity index is 2.39. The van der Waals surface area contributed by atoms with Gasteiger partial charge in [0, 0.05) is 6.42 Å². The molecule has 1 aromatic carbocycles. The highest BCUT2D eigenvalue weighted by Gasteiger charge is 2.12. The zero-order valence-electron chi connectivity index (χ0n) is 11.5. The molecule has 0 saturated carbocycles. The first-order chi connectivity index (χ1) is 8.45. The van der Waals surface area contributed by atoms with Crippen molar-refractivity contribution < 1.29 is 4.42 Å². The number of hydrogen-bond donors (Lipinski definition) is 0. The van der Waals surface area contributed by atoms with Gasteiger partial charge in [-0.05, 0) is 51.9 Å². The van der Waals surface area contributed by atoms with Crippen LogP contribution in [0.3, 0.4) is 0 Å². The molecule has 18 heavy (non-hydrogen) atoms. The largest absolute Gasteiger partial charge is 0.439 e. The zero-order chi connectivity index (χ0) is 13.3. The molecule has 1 heterocycles. The molecule has 0 atom stereocenters. The Labute approximate surface area is 117 Å². The molecule has 2 nitrogen and oxygen atoms in total. The molecular formula is C15H20BrNO. The Hall–Kier alpha value is -0.830. The van der Waals surface area contributed by atoms with Crippen LogP contribution in [0.15, 0.2) is 21.0 Å². The van der Waals surface area contributed by atoms with Gasteiger partial charge in [0.15, 0.2) is 11.5 Å². The van der Waals surface area contributed by atoms with Crippen molar-refractivity contribution >= 4 is 27.0 Å². The van der Waals surface area contributed by atoms with Gasteiger partial charge in [0.05, 0.1) is 4.47 Å². The van der Waals surface area contributed by atoms with Gasteiger partial charge in [-0.2, -0.15) is 0 Å². The van der Waals surface area contributed by atoms with E-state index in [1.807, 2.05) is 0 Å². The second-order valence-electron chi connectivity index (χ2n) is 5.73. The Bertz CT molecular complexity index is 543. The normalized spacial score (nSPS) is 11.9. The number of oxazole rings is 1. The molecule has 0 fully saturated rings. The summed E-state index contributed by atoms with van der Waals surface area (Å²) in [7, 11) is 0. The van der Waals surface area contributed by atoms with Crippen LogP contribution in [0.5, 0.6) is 0 Å². The van der Waals surface area contributed by atoms with Gasteiger partial charge < -0.3 is 4.42 Å². The minimum atomic E-state index is 0.562. The molecular weight excluding hydrogens is 290 g/mol. The Morgan fingerprint density at radius 1 is 1.11 bits per heavy atom. The third-order valence-electron chi connectivity index (χ3n) is 2.78. The zero-order valence-corrected chi connectivity index (χ0v) is 13.0. The van der Waals surface area contributed by atoms with Crippen molar-refractivity contribution in [3.63, 3.8) is 0 Å². The Kier molecular flexibility index (Phi) is 4.10. The van der Waals surface area contributed by atoms with Crippen LogP contribution < -0.4 is 0 Å². The lowest BCUT2D eigenvalue weighted by molar-refractivity contribution is 0.481. The number of hydrogen-bond acceptors (Lipinski definition) is 2. The lowest BCUT2D eigenvalue weighted by atomic mass is 10.0. The summed E-state index contributed by atoms with van der Waals surface area (Å²) in [5.41, 5.74) is 3.16. The number of fused-ring (bicyclic) bond motifs is 1.